The lowest BCUT2D eigenvalue weighted by Gasteiger charge is -2.12. The normalized spacial score (nSPS) is 13.8. The van der Waals surface area contributed by atoms with Crippen LogP contribution in [0.1, 0.15) is 27.2 Å². The average Bonchev–Trinajstić information content (AvgIpc) is 2.04. The molecule has 2 heteroatoms. The second-order valence-corrected chi connectivity index (χ2v) is 2.63. The molecule has 0 aromatic carbocycles. The maximum atomic E-state index is 10.9. The second-order valence-electron chi connectivity index (χ2n) is 2.63. The molecule has 2 nitrogen and oxygen atoms in total. The molecule has 0 aliphatic carbocycles. The van der Waals surface area contributed by atoms with E-state index in [4.69, 9.17) is 4.74 Å². The van der Waals surface area contributed by atoms with Crippen LogP contribution in [-0.4, -0.2) is 12.1 Å². The predicted octanol–water partition coefficient (Wildman–Crippen LogP) is 2.46. The summed E-state index contributed by atoms with van der Waals surface area (Å²) in [6.45, 7) is 9.11. The number of carbonyl (C=O) groups is 1. The molecule has 0 aromatic heterocycles. The van der Waals surface area contributed by atoms with E-state index in [1.807, 2.05) is 19.9 Å². The summed E-state index contributed by atoms with van der Waals surface area (Å²) in [6.07, 6.45) is 3.81. The molecule has 0 fully saturated rings. The van der Waals surface area contributed by atoms with Crippen molar-refractivity contribution in [2.45, 2.75) is 33.3 Å². The lowest BCUT2D eigenvalue weighted by Crippen LogP contribution is -2.14. The molecule has 1 atom stereocenters. The second kappa shape index (κ2) is 5.58. The van der Waals surface area contributed by atoms with Crippen LogP contribution >= 0.6 is 0 Å². The van der Waals surface area contributed by atoms with Crippen LogP contribution in [0, 0.1) is 0 Å². The zero-order valence-corrected chi connectivity index (χ0v) is 7.96. The van der Waals surface area contributed by atoms with E-state index in [0.29, 0.717) is 6.42 Å². The minimum atomic E-state index is -0.167. The number of hydrogen-bond acceptors (Lipinski definition) is 2. The van der Waals surface area contributed by atoms with E-state index in [2.05, 4.69) is 6.58 Å². The number of esters is 1. The molecule has 0 aliphatic rings. The van der Waals surface area contributed by atoms with E-state index in [0.717, 1.165) is 5.57 Å². The summed E-state index contributed by atoms with van der Waals surface area (Å²) in [5.41, 5.74) is 1.01. The molecule has 0 saturated heterocycles. The van der Waals surface area contributed by atoms with Gasteiger partial charge in [0.1, 0.15) is 6.10 Å². The Balaban J connectivity index is 4.03. The number of rotatable bonds is 4. The molecular weight excluding hydrogens is 152 g/mol. The van der Waals surface area contributed by atoms with Gasteiger partial charge in [-0.15, -0.1) is 0 Å². The van der Waals surface area contributed by atoms with Gasteiger partial charge in [0.2, 0.25) is 0 Å². The standard InChI is InChI=1S/C10H16O2/c1-5-7-8(3)9(4)12-10(11)6-2/h5,7,9H,1,6H2,2-4H3/b8-7+/t9-/m1/s1. The number of carbonyl (C=O) groups excluding carboxylic acids is 1. The Labute approximate surface area is 73.9 Å². The first-order chi connectivity index (χ1) is 5.61. The summed E-state index contributed by atoms with van der Waals surface area (Å²) in [4.78, 5) is 10.9. The summed E-state index contributed by atoms with van der Waals surface area (Å²) >= 11 is 0. The average molecular weight is 168 g/mol. The van der Waals surface area contributed by atoms with Crippen LogP contribution in [0.5, 0.6) is 0 Å². The van der Waals surface area contributed by atoms with E-state index in [-0.39, 0.29) is 12.1 Å². The fourth-order valence-corrected chi connectivity index (χ4v) is 0.695. The Morgan fingerprint density at radius 3 is 2.67 bits per heavy atom. The van der Waals surface area contributed by atoms with Crippen molar-refractivity contribution < 1.29 is 9.53 Å². The third-order valence-electron chi connectivity index (χ3n) is 1.62. The van der Waals surface area contributed by atoms with Gasteiger partial charge in [0.15, 0.2) is 0 Å². The van der Waals surface area contributed by atoms with E-state index in [1.54, 1.807) is 13.0 Å². The van der Waals surface area contributed by atoms with Crippen molar-refractivity contribution in [2.75, 3.05) is 0 Å². The van der Waals surface area contributed by atoms with Crippen LogP contribution in [0.15, 0.2) is 24.3 Å². The highest BCUT2D eigenvalue weighted by atomic mass is 16.5. The number of ether oxygens (including phenoxy) is 1. The van der Waals surface area contributed by atoms with Gasteiger partial charge in [0.25, 0.3) is 0 Å². The van der Waals surface area contributed by atoms with Crippen molar-refractivity contribution in [3.63, 3.8) is 0 Å². The van der Waals surface area contributed by atoms with Crippen molar-refractivity contribution in [2.24, 2.45) is 0 Å². The molecule has 0 aromatic rings. The van der Waals surface area contributed by atoms with Gasteiger partial charge in [0.05, 0.1) is 0 Å². The zero-order chi connectivity index (χ0) is 9.56. The maximum absolute atomic E-state index is 10.9. The molecular formula is C10H16O2. The van der Waals surface area contributed by atoms with E-state index in [1.165, 1.54) is 0 Å². The van der Waals surface area contributed by atoms with Crippen molar-refractivity contribution in [1.29, 1.82) is 0 Å². The van der Waals surface area contributed by atoms with Crippen LogP contribution in [0.3, 0.4) is 0 Å². The molecule has 0 saturated carbocycles. The minimum absolute atomic E-state index is 0.143. The van der Waals surface area contributed by atoms with Gasteiger partial charge in [-0.2, -0.15) is 0 Å². The van der Waals surface area contributed by atoms with Gasteiger partial charge in [-0.1, -0.05) is 25.7 Å². The van der Waals surface area contributed by atoms with Crippen molar-refractivity contribution in [3.05, 3.63) is 24.3 Å². The van der Waals surface area contributed by atoms with Gasteiger partial charge in [-0.3, -0.25) is 4.79 Å². The molecule has 12 heavy (non-hydrogen) atoms. The third kappa shape index (κ3) is 3.96. The largest absolute Gasteiger partial charge is 0.458 e. The van der Waals surface area contributed by atoms with Crippen molar-refractivity contribution in [3.8, 4) is 0 Å². The van der Waals surface area contributed by atoms with Crippen LogP contribution in [0.2, 0.25) is 0 Å². The molecule has 68 valence electrons. The Morgan fingerprint density at radius 2 is 2.25 bits per heavy atom. The van der Waals surface area contributed by atoms with Gasteiger partial charge < -0.3 is 4.74 Å². The van der Waals surface area contributed by atoms with Crippen molar-refractivity contribution in [1.82, 2.24) is 0 Å². The molecule has 0 aliphatic heterocycles. The highest BCUT2D eigenvalue weighted by Gasteiger charge is 2.07. The van der Waals surface area contributed by atoms with Gasteiger partial charge in [-0.25, -0.2) is 0 Å². The topological polar surface area (TPSA) is 26.3 Å². The molecule has 0 radical (unpaired) electrons. The monoisotopic (exact) mass is 168 g/mol. The molecule has 0 rings (SSSR count). The summed E-state index contributed by atoms with van der Waals surface area (Å²) in [6, 6.07) is 0. The van der Waals surface area contributed by atoms with Gasteiger partial charge in [-0.05, 0) is 19.4 Å². The quantitative estimate of drug-likeness (QED) is 0.476. The maximum Gasteiger partial charge on any atom is 0.306 e. The number of hydrogen-bond donors (Lipinski definition) is 0. The Kier molecular flexibility index (Phi) is 5.09. The molecule has 0 amide bonds. The van der Waals surface area contributed by atoms with Crippen LogP contribution in [-0.2, 0) is 9.53 Å². The predicted molar refractivity (Wildman–Crippen MR) is 49.8 cm³/mol. The smallest absolute Gasteiger partial charge is 0.306 e. The Bertz CT molecular complexity index is 192. The molecule has 0 spiro atoms. The molecule has 0 heterocycles. The van der Waals surface area contributed by atoms with Crippen LogP contribution < -0.4 is 0 Å². The Morgan fingerprint density at radius 1 is 1.67 bits per heavy atom. The molecule has 0 unspecified atom stereocenters. The molecule has 0 N–H and O–H groups in total. The Hall–Kier alpha value is -1.05. The highest BCUT2D eigenvalue weighted by Crippen LogP contribution is 2.06. The lowest BCUT2D eigenvalue weighted by molar-refractivity contribution is -0.146. The highest BCUT2D eigenvalue weighted by molar-refractivity contribution is 5.69. The first-order valence-electron chi connectivity index (χ1n) is 4.10. The molecule has 0 bridgehead atoms. The summed E-state index contributed by atoms with van der Waals surface area (Å²) in [5.74, 6) is -0.167. The first kappa shape index (κ1) is 11.0. The number of allylic oxidation sites excluding steroid dienone is 2. The fourth-order valence-electron chi connectivity index (χ4n) is 0.695. The van der Waals surface area contributed by atoms with Crippen LogP contribution in [0.4, 0.5) is 0 Å². The summed E-state index contributed by atoms with van der Waals surface area (Å²) < 4.78 is 5.06. The van der Waals surface area contributed by atoms with E-state index in [9.17, 15) is 4.79 Å². The van der Waals surface area contributed by atoms with Gasteiger partial charge in [0, 0.05) is 6.42 Å². The first-order valence-corrected chi connectivity index (χ1v) is 4.10. The zero-order valence-electron chi connectivity index (χ0n) is 7.96. The van der Waals surface area contributed by atoms with Crippen molar-refractivity contribution >= 4 is 5.97 Å². The van der Waals surface area contributed by atoms with Crippen LogP contribution in [0.25, 0.3) is 0 Å². The van der Waals surface area contributed by atoms with E-state index >= 15 is 0 Å². The summed E-state index contributed by atoms with van der Waals surface area (Å²) in [5, 5.41) is 0. The lowest BCUT2D eigenvalue weighted by atomic mass is 10.2. The third-order valence-corrected chi connectivity index (χ3v) is 1.62. The van der Waals surface area contributed by atoms with E-state index < -0.39 is 0 Å². The SMILES string of the molecule is C=C/C=C(\C)[C@@H](C)OC(=O)CC. The minimum Gasteiger partial charge on any atom is -0.458 e. The fraction of sp³-hybridized carbons (Fsp3) is 0.500. The summed E-state index contributed by atoms with van der Waals surface area (Å²) in [7, 11) is 0. The van der Waals surface area contributed by atoms with Gasteiger partial charge >= 0.3 is 5.97 Å².